The van der Waals surface area contributed by atoms with Crippen molar-refractivity contribution in [3.63, 3.8) is 0 Å². The van der Waals surface area contributed by atoms with Gasteiger partial charge in [-0.25, -0.2) is 0 Å². The normalized spacial score (nSPS) is 10.5. The molecule has 0 fully saturated rings. The summed E-state index contributed by atoms with van der Waals surface area (Å²) < 4.78 is 0. The van der Waals surface area contributed by atoms with Crippen molar-refractivity contribution in [2.24, 2.45) is 0 Å². The zero-order valence-corrected chi connectivity index (χ0v) is 19.0. The maximum Gasteiger partial charge on any atom is 0.170 e. The summed E-state index contributed by atoms with van der Waals surface area (Å²) >= 11 is 9.18. The molecule has 0 aromatic heterocycles. The number of hydrogen-bond acceptors (Lipinski definition) is 3. The Labute approximate surface area is 187 Å². The highest BCUT2D eigenvalue weighted by Gasteiger charge is 2.01. The Morgan fingerprint density at radius 3 is 2.34 bits per heavy atom. The van der Waals surface area contributed by atoms with Gasteiger partial charge in [-0.1, -0.05) is 54.6 Å². The van der Waals surface area contributed by atoms with Crippen molar-refractivity contribution in [2.75, 3.05) is 17.6 Å². The number of hydrogen-bond donors (Lipinski definition) is 2. The molecular formula is C24H26N2S3. The van der Waals surface area contributed by atoms with Gasteiger partial charge in [0, 0.05) is 34.4 Å². The Bertz CT molecular complexity index is 896. The molecule has 0 aliphatic heterocycles. The summed E-state index contributed by atoms with van der Waals surface area (Å²) in [6.45, 7) is 3.02. The van der Waals surface area contributed by atoms with Crippen LogP contribution in [0.3, 0.4) is 0 Å². The van der Waals surface area contributed by atoms with Crippen LogP contribution < -0.4 is 10.6 Å². The predicted molar refractivity (Wildman–Crippen MR) is 134 cm³/mol. The second kappa shape index (κ2) is 11.9. The van der Waals surface area contributed by atoms with E-state index in [-0.39, 0.29) is 0 Å². The lowest BCUT2D eigenvalue weighted by atomic mass is 10.1. The van der Waals surface area contributed by atoms with Crippen molar-refractivity contribution in [1.29, 1.82) is 0 Å². The number of nitrogens with one attached hydrogen (secondary N) is 2. The fourth-order valence-electron chi connectivity index (χ4n) is 2.73. The van der Waals surface area contributed by atoms with Gasteiger partial charge in [-0.2, -0.15) is 11.8 Å². The van der Waals surface area contributed by atoms with Crippen molar-refractivity contribution < 1.29 is 0 Å². The van der Waals surface area contributed by atoms with E-state index in [1.54, 1.807) is 0 Å². The molecule has 150 valence electrons. The number of aryl methyl sites for hydroxylation is 1. The van der Waals surface area contributed by atoms with Gasteiger partial charge < -0.3 is 10.6 Å². The van der Waals surface area contributed by atoms with Crippen LogP contribution in [-0.2, 0) is 11.5 Å². The number of rotatable bonds is 9. The molecule has 0 aliphatic rings. The molecule has 0 spiro atoms. The van der Waals surface area contributed by atoms with E-state index >= 15 is 0 Å². The fourth-order valence-corrected chi connectivity index (χ4v) is 4.76. The summed E-state index contributed by atoms with van der Waals surface area (Å²) in [7, 11) is 0. The topological polar surface area (TPSA) is 24.1 Å². The molecule has 3 aromatic rings. The van der Waals surface area contributed by atoms with Gasteiger partial charge in [-0.3, -0.25) is 0 Å². The van der Waals surface area contributed by atoms with Gasteiger partial charge in [0.05, 0.1) is 0 Å². The van der Waals surface area contributed by atoms with Crippen LogP contribution in [0, 0.1) is 6.92 Å². The Balaban J connectivity index is 1.33. The van der Waals surface area contributed by atoms with E-state index in [2.05, 4.69) is 90.4 Å². The first-order valence-corrected chi connectivity index (χ1v) is 12.2. The van der Waals surface area contributed by atoms with Gasteiger partial charge in [0.2, 0.25) is 0 Å². The van der Waals surface area contributed by atoms with Gasteiger partial charge in [0.1, 0.15) is 0 Å². The van der Waals surface area contributed by atoms with Crippen LogP contribution in [0.2, 0.25) is 0 Å². The van der Waals surface area contributed by atoms with Gasteiger partial charge in [0.15, 0.2) is 5.11 Å². The monoisotopic (exact) mass is 438 g/mol. The maximum absolute atomic E-state index is 5.41. The molecule has 0 heterocycles. The minimum absolute atomic E-state index is 0.674. The van der Waals surface area contributed by atoms with E-state index < -0.39 is 0 Å². The van der Waals surface area contributed by atoms with Crippen LogP contribution in [0.5, 0.6) is 0 Å². The summed E-state index contributed by atoms with van der Waals surface area (Å²) in [6.07, 6.45) is 0. The van der Waals surface area contributed by atoms with Crippen LogP contribution in [-0.4, -0.2) is 17.4 Å². The highest BCUT2D eigenvalue weighted by molar-refractivity contribution is 7.98. The first-order chi connectivity index (χ1) is 14.2. The summed E-state index contributed by atoms with van der Waals surface area (Å²) in [5.41, 5.74) is 5.08. The number of anilines is 1. The number of benzene rings is 3. The Kier molecular flexibility index (Phi) is 8.93. The summed E-state index contributed by atoms with van der Waals surface area (Å²) in [5.74, 6) is 3.02. The lowest BCUT2D eigenvalue weighted by molar-refractivity contribution is 0.989. The largest absolute Gasteiger partial charge is 0.362 e. The standard InChI is InChI=1S/C24H26N2S3/c1-19-7-5-6-8-21(19)18-28-16-15-25-24(27)26-22-13-11-20(12-14-22)17-29-23-9-3-2-4-10-23/h2-14H,15-18H2,1H3,(H2,25,26,27). The SMILES string of the molecule is Cc1ccccc1CSCCNC(=S)Nc1ccc(CSc2ccccc2)cc1. The molecule has 2 N–H and O–H groups in total. The van der Waals surface area contributed by atoms with Crippen molar-refractivity contribution >= 4 is 46.5 Å². The second-order valence-electron chi connectivity index (χ2n) is 6.66. The van der Waals surface area contributed by atoms with Crippen LogP contribution in [0.15, 0.2) is 83.8 Å². The zero-order chi connectivity index (χ0) is 20.3. The molecule has 3 rings (SSSR count). The Morgan fingerprint density at radius 1 is 0.862 bits per heavy atom. The van der Waals surface area contributed by atoms with Crippen LogP contribution in [0.25, 0.3) is 0 Å². The maximum atomic E-state index is 5.41. The van der Waals surface area contributed by atoms with Crippen LogP contribution in [0.1, 0.15) is 16.7 Å². The van der Waals surface area contributed by atoms with Crippen molar-refractivity contribution in [1.82, 2.24) is 5.32 Å². The predicted octanol–water partition coefficient (Wildman–Crippen LogP) is 6.51. The fraction of sp³-hybridized carbons (Fsp3) is 0.208. The quantitative estimate of drug-likeness (QED) is 0.225. The van der Waals surface area contributed by atoms with E-state index in [0.29, 0.717) is 5.11 Å². The third-order valence-corrected chi connectivity index (χ3v) is 6.75. The zero-order valence-electron chi connectivity index (χ0n) is 16.6. The third-order valence-electron chi connectivity index (χ3n) is 4.41. The molecule has 5 heteroatoms. The summed E-state index contributed by atoms with van der Waals surface area (Å²) in [6, 6.07) is 27.5. The molecule has 2 nitrogen and oxygen atoms in total. The van der Waals surface area contributed by atoms with E-state index in [1.807, 2.05) is 29.6 Å². The third kappa shape index (κ3) is 7.77. The lowest BCUT2D eigenvalue weighted by Gasteiger charge is -2.11. The van der Waals surface area contributed by atoms with Gasteiger partial charge in [-0.05, 0) is 60.1 Å². The first kappa shape index (κ1) is 21.8. The van der Waals surface area contributed by atoms with E-state index in [0.717, 1.165) is 29.5 Å². The number of thiocarbonyl (C=S) groups is 1. The van der Waals surface area contributed by atoms with E-state index in [9.17, 15) is 0 Å². The molecule has 0 saturated carbocycles. The van der Waals surface area contributed by atoms with Gasteiger partial charge in [-0.15, -0.1) is 11.8 Å². The molecule has 0 unspecified atom stereocenters. The molecule has 0 saturated heterocycles. The lowest BCUT2D eigenvalue weighted by Crippen LogP contribution is -2.30. The molecule has 3 aromatic carbocycles. The molecule has 0 atom stereocenters. The van der Waals surface area contributed by atoms with Crippen molar-refractivity contribution in [3.8, 4) is 0 Å². The molecule has 0 amide bonds. The molecule has 0 aliphatic carbocycles. The first-order valence-electron chi connectivity index (χ1n) is 9.64. The minimum Gasteiger partial charge on any atom is -0.362 e. The van der Waals surface area contributed by atoms with Gasteiger partial charge >= 0.3 is 0 Å². The highest BCUT2D eigenvalue weighted by atomic mass is 32.2. The molecule has 0 radical (unpaired) electrons. The van der Waals surface area contributed by atoms with E-state index in [4.69, 9.17) is 12.2 Å². The van der Waals surface area contributed by atoms with Gasteiger partial charge in [0.25, 0.3) is 0 Å². The minimum atomic E-state index is 0.674. The average Bonchev–Trinajstić information content (AvgIpc) is 2.75. The van der Waals surface area contributed by atoms with Crippen molar-refractivity contribution in [2.45, 2.75) is 23.3 Å². The molecular weight excluding hydrogens is 412 g/mol. The van der Waals surface area contributed by atoms with Crippen molar-refractivity contribution in [3.05, 3.63) is 95.6 Å². The highest BCUT2D eigenvalue weighted by Crippen LogP contribution is 2.23. The summed E-state index contributed by atoms with van der Waals surface area (Å²) in [5, 5.41) is 7.23. The molecule has 29 heavy (non-hydrogen) atoms. The van der Waals surface area contributed by atoms with E-state index in [1.165, 1.54) is 21.6 Å². The average molecular weight is 439 g/mol. The van der Waals surface area contributed by atoms with Crippen LogP contribution in [0.4, 0.5) is 5.69 Å². The Morgan fingerprint density at radius 2 is 1.59 bits per heavy atom. The molecule has 0 bridgehead atoms. The summed E-state index contributed by atoms with van der Waals surface area (Å²) in [4.78, 5) is 1.29. The second-order valence-corrected chi connectivity index (χ2v) is 9.22. The number of thioether (sulfide) groups is 2. The smallest absolute Gasteiger partial charge is 0.170 e. The van der Waals surface area contributed by atoms with Crippen LogP contribution >= 0.6 is 35.7 Å². The Hall–Kier alpha value is -1.95.